The predicted octanol–water partition coefficient (Wildman–Crippen LogP) is 9.35. The monoisotopic (exact) mass is 663 g/mol. The Morgan fingerprint density at radius 3 is 2.09 bits per heavy atom. The van der Waals surface area contributed by atoms with E-state index in [1.165, 1.54) is 4.31 Å². The summed E-state index contributed by atoms with van der Waals surface area (Å²) >= 11 is 12.5. The Morgan fingerprint density at radius 1 is 0.932 bits per heavy atom. The molecule has 44 heavy (non-hydrogen) atoms. The first-order chi connectivity index (χ1) is 21.1. The van der Waals surface area contributed by atoms with Gasteiger partial charge in [-0.2, -0.15) is 13.2 Å². The fourth-order valence-electron chi connectivity index (χ4n) is 5.73. The van der Waals surface area contributed by atoms with Crippen LogP contribution in [-0.2, 0) is 11.2 Å². The van der Waals surface area contributed by atoms with Crippen molar-refractivity contribution in [3.63, 3.8) is 0 Å². The SMILES string of the molecule is COCCCc1cc(C(c2ccc(Cl)cc2)c2ccc(Cl)cc2)cc2c(NC3CCN(SC(F)(F)F)CC3)cc(OC)nc12. The molecule has 5 nitrogen and oxygen atoms in total. The lowest BCUT2D eigenvalue weighted by atomic mass is 9.83. The van der Waals surface area contributed by atoms with Crippen molar-refractivity contribution in [2.75, 3.05) is 39.2 Å². The molecule has 0 radical (unpaired) electrons. The van der Waals surface area contributed by atoms with Gasteiger partial charge in [0.15, 0.2) is 0 Å². The Balaban J connectivity index is 1.60. The minimum absolute atomic E-state index is 0.000635. The van der Waals surface area contributed by atoms with Gasteiger partial charge in [0.1, 0.15) is 0 Å². The molecule has 1 fully saturated rings. The minimum atomic E-state index is -4.28. The van der Waals surface area contributed by atoms with Gasteiger partial charge < -0.3 is 14.8 Å². The number of hydrogen-bond donors (Lipinski definition) is 1. The van der Waals surface area contributed by atoms with Gasteiger partial charge in [0.25, 0.3) is 0 Å². The van der Waals surface area contributed by atoms with Crippen LogP contribution in [-0.4, -0.2) is 54.8 Å². The molecule has 2 heterocycles. The highest BCUT2D eigenvalue weighted by Crippen LogP contribution is 2.40. The standard InChI is InChI=1S/C33H34Cl2F3N3O2S/c1-42-17-3-4-23-18-24(31(21-5-9-25(34)10-6-21)22-7-11-26(35)12-8-22)19-28-29(20-30(43-2)40-32(23)28)39-27-13-15-41(16-14-27)44-33(36,37)38/h5-12,18-20,27,31H,3-4,13-17H2,1-2H3,(H,39,40). The predicted molar refractivity (Wildman–Crippen MR) is 174 cm³/mol. The summed E-state index contributed by atoms with van der Waals surface area (Å²) in [6.45, 7) is 1.28. The Labute approximate surface area is 270 Å². The Kier molecular flexibility index (Phi) is 10.9. The molecule has 3 aromatic carbocycles. The van der Waals surface area contributed by atoms with Crippen molar-refractivity contribution >= 4 is 51.7 Å². The molecule has 1 N–H and O–H groups in total. The lowest BCUT2D eigenvalue weighted by Gasteiger charge is -2.32. The number of methoxy groups -OCH3 is 2. The average Bonchev–Trinajstić information content (AvgIpc) is 2.99. The van der Waals surface area contributed by atoms with Crippen molar-refractivity contribution in [1.82, 2.24) is 9.29 Å². The minimum Gasteiger partial charge on any atom is -0.481 e. The smallest absolute Gasteiger partial charge is 0.456 e. The van der Waals surface area contributed by atoms with Crippen LogP contribution >= 0.6 is 35.1 Å². The number of ether oxygens (including phenoxy) is 2. The molecule has 234 valence electrons. The van der Waals surface area contributed by atoms with Crippen LogP contribution in [0.1, 0.15) is 47.4 Å². The summed E-state index contributed by atoms with van der Waals surface area (Å²) in [5, 5.41) is 5.88. The highest BCUT2D eigenvalue weighted by molar-refractivity contribution is 7.97. The summed E-state index contributed by atoms with van der Waals surface area (Å²) in [5.41, 5.74) is 1.66. The summed E-state index contributed by atoms with van der Waals surface area (Å²) in [6.07, 6.45) is 2.69. The molecule has 0 amide bonds. The Morgan fingerprint density at radius 2 is 1.55 bits per heavy atom. The van der Waals surface area contributed by atoms with Gasteiger partial charge in [0.2, 0.25) is 5.88 Å². The first-order valence-corrected chi connectivity index (χ1v) is 15.9. The number of aryl methyl sites for hydroxylation is 1. The van der Waals surface area contributed by atoms with Crippen molar-refractivity contribution in [3.8, 4) is 5.88 Å². The molecule has 1 aromatic heterocycles. The normalized spacial score (nSPS) is 14.8. The third-order valence-corrected chi connectivity index (χ3v) is 9.12. The maximum atomic E-state index is 12.9. The van der Waals surface area contributed by atoms with Crippen LogP contribution < -0.4 is 10.1 Å². The van der Waals surface area contributed by atoms with Crippen molar-refractivity contribution in [1.29, 1.82) is 0 Å². The molecule has 1 saturated heterocycles. The molecule has 4 aromatic rings. The van der Waals surface area contributed by atoms with Gasteiger partial charge in [-0.05, 0) is 78.3 Å². The van der Waals surface area contributed by atoms with Crippen molar-refractivity contribution in [2.24, 2.45) is 0 Å². The van der Waals surface area contributed by atoms with Gasteiger partial charge in [-0.3, -0.25) is 0 Å². The van der Waals surface area contributed by atoms with E-state index in [-0.39, 0.29) is 23.9 Å². The number of pyridine rings is 1. The van der Waals surface area contributed by atoms with Gasteiger partial charge in [0.05, 0.1) is 12.6 Å². The van der Waals surface area contributed by atoms with E-state index in [0.29, 0.717) is 48.5 Å². The van der Waals surface area contributed by atoms with Crippen molar-refractivity contribution in [2.45, 2.75) is 43.2 Å². The van der Waals surface area contributed by atoms with Crippen LogP contribution in [0.3, 0.4) is 0 Å². The number of rotatable bonds is 11. The first-order valence-electron chi connectivity index (χ1n) is 14.4. The molecular weight excluding hydrogens is 630 g/mol. The largest absolute Gasteiger partial charge is 0.481 e. The topological polar surface area (TPSA) is 46.6 Å². The Hall–Kier alpha value is -2.69. The molecule has 1 aliphatic rings. The number of piperidine rings is 1. The molecule has 0 aliphatic carbocycles. The van der Waals surface area contributed by atoms with Gasteiger partial charge in [-0.25, -0.2) is 9.29 Å². The third-order valence-electron chi connectivity index (χ3n) is 7.78. The molecular formula is C33H34Cl2F3N3O2S. The first kappa shape index (κ1) is 32.7. The Bertz CT molecular complexity index is 1500. The van der Waals surface area contributed by atoms with Crippen molar-refractivity contribution < 1.29 is 22.6 Å². The fraction of sp³-hybridized carbons (Fsp3) is 0.364. The van der Waals surface area contributed by atoms with Crippen molar-refractivity contribution in [3.05, 3.63) is 99.0 Å². The second kappa shape index (κ2) is 14.6. The molecule has 0 spiro atoms. The highest BCUT2D eigenvalue weighted by atomic mass is 35.5. The maximum absolute atomic E-state index is 12.9. The van der Waals surface area contributed by atoms with E-state index in [0.717, 1.165) is 51.7 Å². The second-order valence-corrected chi connectivity index (χ2v) is 12.8. The van der Waals surface area contributed by atoms with Crippen LogP contribution in [0.15, 0.2) is 66.7 Å². The zero-order chi connectivity index (χ0) is 31.3. The van der Waals surface area contributed by atoms with Crippen LogP contribution in [0.4, 0.5) is 18.9 Å². The zero-order valence-corrected chi connectivity index (χ0v) is 26.8. The number of fused-ring (bicyclic) bond motifs is 1. The number of alkyl halides is 3. The summed E-state index contributed by atoms with van der Waals surface area (Å²) < 4.78 is 51.2. The summed E-state index contributed by atoms with van der Waals surface area (Å²) in [4.78, 5) is 4.87. The van der Waals surface area contributed by atoms with Gasteiger partial charge in [0, 0.05) is 77.9 Å². The van der Waals surface area contributed by atoms with Gasteiger partial charge >= 0.3 is 5.51 Å². The molecule has 5 rings (SSSR count). The summed E-state index contributed by atoms with van der Waals surface area (Å²) in [5.74, 6) is 0.352. The number of aromatic nitrogens is 1. The van der Waals surface area contributed by atoms with E-state index in [2.05, 4.69) is 17.4 Å². The zero-order valence-electron chi connectivity index (χ0n) is 24.5. The van der Waals surface area contributed by atoms with E-state index in [1.54, 1.807) is 14.2 Å². The number of nitrogens with one attached hydrogen (secondary N) is 1. The van der Waals surface area contributed by atoms with E-state index in [1.807, 2.05) is 54.6 Å². The molecule has 0 bridgehead atoms. The van der Waals surface area contributed by atoms with E-state index >= 15 is 0 Å². The number of halogens is 5. The van der Waals surface area contributed by atoms with Gasteiger partial charge in [-0.1, -0.05) is 53.5 Å². The van der Waals surface area contributed by atoms with Crippen LogP contribution in [0.2, 0.25) is 10.0 Å². The van der Waals surface area contributed by atoms with Crippen LogP contribution in [0.5, 0.6) is 5.88 Å². The number of hydrogen-bond acceptors (Lipinski definition) is 6. The van der Waals surface area contributed by atoms with E-state index in [9.17, 15) is 13.2 Å². The average molecular weight is 665 g/mol. The third kappa shape index (κ3) is 8.31. The molecule has 11 heteroatoms. The van der Waals surface area contributed by atoms with Crippen LogP contribution in [0.25, 0.3) is 10.9 Å². The summed E-state index contributed by atoms with van der Waals surface area (Å²) in [6, 6.07) is 22.0. The lowest BCUT2D eigenvalue weighted by Crippen LogP contribution is -2.37. The molecule has 0 atom stereocenters. The van der Waals surface area contributed by atoms with Crippen LogP contribution in [0, 0.1) is 0 Å². The number of anilines is 1. The number of benzene rings is 3. The summed E-state index contributed by atoms with van der Waals surface area (Å²) in [7, 11) is 3.27. The quantitative estimate of drug-likeness (QED) is 0.0980. The maximum Gasteiger partial charge on any atom is 0.456 e. The highest BCUT2D eigenvalue weighted by Gasteiger charge is 2.34. The van der Waals surface area contributed by atoms with E-state index < -0.39 is 5.51 Å². The fourth-order valence-corrected chi connectivity index (χ4v) is 6.67. The molecule has 1 aliphatic heterocycles. The number of nitrogens with zero attached hydrogens (tertiary/aromatic N) is 2. The molecule has 0 saturated carbocycles. The molecule has 0 unspecified atom stereocenters. The lowest BCUT2D eigenvalue weighted by molar-refractivity contribution is -0.0366. The van der Waals surface area contributed by atoms with E-state index in [4.69, 9.17) is 37.7 Å². The van der Waals surface area contributed by atoms with Gasteiger partial charge in [-0.15, -0.1) is 0 Å². The second-order valence-electron chi connectivity index (χ2n) is 10.8.